The van der Waals surface area contributed by atoms with E-state index >= 15 is 0 Å². The Labute approximate surface area is 74.1 Å². The summed E-state index contributed by atoms with van der Waals surface area (Å²) in [7, 11) is 0. The average Bonchev–Trinajstić information content (AvgIpc) is 2.06. The predicted molar refractivity (Wildman–Crippen MR) is 48.7 cm³/mol. The lowest BCUT2D eigenvalue weighted by atomic mass is 9.56. The molecule has 12 heavy (non-hydrogen) atoms. The zero-order valence-electron chi connectivity index (χ0n) is 7.84. The van der Waals surface area contributed by atoms with E-state index in [1.54, 1.807) is 0 Å². The van der Waals surface area contributed by atoms with Crippen LogP contribution in [0.5, 0.6) is 0 Å². The van der Waals surface area contributed by atoms with Crippen molar-refractivity contribution in [3.63, 3.8) is 0 Å². The van der Waals surface area contributed by atoms with Crippen LogP contribution in [0.4, 0.5) is 0 Å². The lowest BCUT2D eigenvalue weighted by Gasteiger charge is -2.53. The number of nitrogens with two attached hydrogens (primary N) is 1. The summed E-state index contributed by atoms with van der Waals surface area (Å²) in [5.41, 5.74) is 6.07. The minimum atomic E-state index is -0.309. The molecule has 3 N–H and O–H groups in total. The summed E-state index contributed by atoms with van der Waals surface area (Å²) in [6.45, 7) is 2.12. The third-order valence-electron chi connectivity index (χ3n) is 4.23. The minimum Gasteiger partial charge on any atom is -0.390 e. The van der Waals surface area contributed by atoms with Gasteiger partial charge in [0.2, 0.25) is 0 Å². The largest absolute Gasteiger partial charge is 0.390 e. The van der Waals surface area contributed by atoms with E-state index in [1.807, 2.05) is 0 Å². The highest BCUT2D eigenvalue weighted by atomic mass is 16.3. The van der Waals surface area contributed by atoms with Gasteiger partial charge in [-0.3, -0.25) is 0 Å². The van der Waals surface area contributed by atoms with E-state index < -0.39 is 0 Å². The molecule has 2 bridgehead atoms. The van der Waals surface area contributed by atoms with Crippen LogP contribution in [0.1, 0.15) is 45.4 Å². The van der Waals surface area contributed by atoms with Crippen LogP contribution < -0.4 is 5.73 Å². The molecule has 3 aliphatic carbocycles. The van der Waals surface area contributed by atoms with Crippen LogP contribution >= 0.6 is 0 Å². The fourth-order valence-corrected chi connectivity index (χ4v) is 2.88. The Morgan fingerprint density at radius 1 is 1.08 bits per heavy atom. The van der Waals surface area contributed by atoms with Crippen molar-refractivity contribution in [1.82, 2.24) is 0 Å². The molecule has 3 saturated carbocycles. The third kappa shape index (κ3) is 1.09. The number of aliphatic hydroxyl groups is 1. The molecular weight excluding hydrogens is 150 g/mol. The molecular formula is C10H19NO. The van der Waals surface area contributed by atoms with Crippen LogP contribution in [-0.2, 0) is 0 Å². The van der Waals surface area contributed by atoms with E-state index in [-0.39, 0.29) is 5.60 Å². The highest BCUT2D eigenvalue weighted by molar-refractivity contribution is 5.02. The summed E-state index contributed by atoms with van der Waals surface area (Å²) in [5.74, 6) is 0. The van der Waals surface area contributed by atoms with E-state index in [0.29, 0.717) is 11.5 Å². The molecule has 3 fully saturated rings. The van der Waals surface area contributed by atoms with Gasteiger partial charge < -0.3 is 10.8 Å². The lowest BCUT2D eigenvalue weighted by Crippen LogP contribution is -2.52. The van der Waals surface area contributed by atoms with Crippen LogP contribution in [0.25, 0.3) is 0 Å². The van der Waals surface area contributed by atoms with E-state index in [4.69, 9.17) is 5.73 Å². The van der Waals surface area contributed by atoms with Gasteiger partial charge in [-0.25, -0.2) is 0 Å². The Bertz CT molecular complexity index is 164. The first-order valence-electron chi connectivity index (χ1n) is 5.04. The molecule has 2 nitrogen and oxygen atoms in total. The van der Waals surface area contributed by atoms with Gasteiger partial charge in [0.25, 0.3) is 0 Å². The summed E-state index contributed by atoms with van der Waals surface area (Å²) in [5, 5.41) is 9.97. The van der Waals surface area contributed by atoms with Gasteiger partial charge in [-0.15, -0.1) is 0 Å². The molecule has 1 unspecified atom stereocenters. The maximum atomic E-state index is 9.97. The van der Waals surface area contributed by atoms with E-state index in [1.165, 1.54) is 0 Å². The molecule has 0 aliphatic heterocycles. The predicted octanol–water partition coefficient (Wildman–Crippen LogP) is 1.42. The van der Waals surface area contributed by atoms with Gasteiger partial charge in [0.1, 0.15) is 0 Å². The fraction of sp³-hybridized carbons (Fsp3) is 1.00. The normalized spacial score (nSPS) is 49.2. The van der Waals surface area contributed by atoms with Gasteiger partial charge in [-0.05, 0) is 50.9 Å². The van der Waals surface area contributed by atoms with Gasteiger partial charge >= 0.3 is 0 Å². The second-order valence-corrected chi connectivity index (χ2v) is 4.88. The van der Waals surface area contributed by atoms with Gasteiger partial charge in [-0.2, -0.15) is 0 Å². The Balaban J connectivity index is 2.14. The van der Waals surface area contributed by atoms with Crippen LogP contribution in [0, 0.1) is 5.41 Å². The van der Waals surface area contributed by atoms with Gasteiger partial charge in [0.05, 0.1) is 5.60 Å². The first-order valence-corrected chi connectivity index (χ1v) is 5.04. The van der Waals surface area contributed by atoms with Crippen molar-refractivity contribution in [2.24, 2.45) is 11.1 Å². The van der Waals surface area contributed by atoms with E-state index in [2.05, 4.69) is 6.92 Å². The lowest BCUT2D eigenvalue weighted by molar-refractivity contribution is -0.0978. The van der Waals surface area contributed by atoms with Crippen molar-refractivity contribution in [3.8, 4) is 0 Å². The smallest absolute Gasteiger partial charge is 0.0648 e. The molecule has 0 spiro atoms. The first-order chi connectivity index (χ1) is 5.56. The standard InChI is InChI=1S/C10H19NO/c1-8(11)9-2-5-10(12,6-3-9)7-4-9/h8,12H,2-7,11H2,1H3. The maximum absolute atomic E-state index is 9.97. The minimum absolute atomic E-state index is 0.308. The zero-order valence-corrected chi connectivity index (χ0v) is 7.84. The van der Waals surface area contributed by atoms with Crippen molar-refractivity contribution < 1.29 is 5.11 Å². The Hall–Kier alpha value is -0.0800. The molecule has 0 aromatic heterocycles. The van der Waals surface area contributed by atoms with Crippen molar-refractivity contribution in [2.45, 2.75) is 57.1 Å². The molecule has 0 radical (unpaired) electrons. The molecule has 0 aromatic carbocycles. The SMILES string of the molecule is CC(N)C12CCC(O)(CC1)CC2. The summed E-state index contributed by atoms with van der Waals surface area (Å²) >= 11 is 0. The quantitative estimate of drug-likeness (QED) is 0.623. The van der Waals surface area contributed by atoms with Crippen molar-refractivity contribution in [2.75, 3.05) is 0 Å². The number of rotatable bonds is 1. The van der Waals surface area contributed by atoms with Crippen molar-refractivity contribution >= 4 is 0 Å². The third-order valence-corrected chi connectivity index (χ3v) is 4.23. The molecule has 0 aromatic rings. The highest BCUT2D eigenvalue weighted by Crippen LogP contribution is 2.53. The maximum Gasteiger partial charge on any atom is 0.0648 e. The highest BCUT2D eigenvalue weighted by Gasteiger charge is 2.49. The molecule has 0 amide bonds. The van der Waals surface area contributed by atoms with E-state index in [0.717, 1.165) is 38.5 Å². The summed E-state index contributed by atoms with van der Waals surface area (Å²) in [6, 6.07) is 0.308. The summed E-state index contributed by atoms with van der Waals surface area (Å²) in [4.78, 5) is 0. The second-order valence-electron chi connectivity index (χ2n) is 4.88. The summed E-state index contributed by atoms with van der Waals surface area (Å²) < 4.78 is 0. The molecule has 0 saturated heterocycles. The number of hydrogen-bond acceptors (Lipinski definition) is 2. The number of hydrogen-bond donors (Lipinski definition) is 2. The van der Waals surface area contributed by atoms with Gasteiger partial charge in [0, 0.05) is 6.04 Å². The monoisotopic (exact) mass is 169 g/mol. The number of fused-ring (bicyclic) bond motifs is 3. The zero-order chi connectivity index (χ0) is 8.82. The average molecular weight is 169 g/mol. The van der Waals surface area contributed by atoms with Crippen LogP contribution in [0.3, 0.4) is 0 Å². The van der Waals surface area contributed by atoms with Crippen LogP contribution in [0.15, 0.2) is 0 Å². The topological polar surface area (TPSA) is 46.2 Å². The molecule has 1 atom stereocenters. The Kier molecular flexibility index (Phi) is 1.74. The summed E-state index contributed by atoms with van der Waals surface area (Å²) in [6.07, 6.45) is 6.36. The second kappa shape index (κ2) is 2.46. The van der Waals surface area contributed by atoms with Crippen molar-refractivity contribution in [3.05, 3.63) is 0 Å². The van der Waals surface area contributed by atoms with E-state index in [9.17, 15) is 5.11 Å². The molecule has 70 valence electrons. The fourth-order valence-electron chi connectivity index (χ4n) is 2.88. The molecule has 3 aliphatic rings. The Morgan fingerprint density at radius 2 is 1.50 bits per heavy atom. The molecule has 3 rings (SSSR count). The van der Waals surface area contributed by atoms with Gasteiger partial charge in [-0.1, -0.05) is 0 Å². The molecule has 0 heterocycles. The first kappa shape index (κ1) is 8.52. The van der Waals surface area contributed by atoms with Crippen LogP contribution in [-0.4, -0.2) is 16.7 Å². The Morgan fingerprint density at radius 3 is 1.83 bits per heavy atom. The molecule has 2 heteroatoms. The van der Waals surface area contributed by atoms with Gasteiger partial charge in [0.15, 0.2) is 0 Å². The van der Waals surface area contributed by atoms with Crippen LogP contribution in [0.2, 0.25) is 0 Å². The van der Waals surface area contributed by atoms with Crippen molar-refractivity contribution in [1.29, 1.82) is 0 Å².